The molecular formula is C11H13N2O5. The van der Waals surface area contributed by atoms with Crippen LogP contribution in [0.15, 0.2) is 18.2 Å². The van der Waals surface area contributed by atoms with Gasteiger partial charge in [0.05, 0.1) is 9.85 Å². The molecule has 0 fully saturated rings. The molecule has 0 aliphatic carbocycles. The lowest BCUT2D eigenvalue weighted by Crippen LogP contribution is -2.01. The van der Waals surface area contributed by atoms with E-state index in [0.29, 0.717) is 6.42 Å². The maximum atomic E-state index is 11.8. The van der Waals surface area contributed by atoms with Crippen LogP contribution >= 0.6 is 0 Å². The first-order chi connectivity index (χ1) is 8.47. The molecule has 1 atom stereocenters. The molecule has 0 heterocycles. The van der Waals surface area contributed by atoms with Crippen molar-refractivity contribution in [3.8, 4) is 0 Å². The van der Waals surface area contributed by atoms with Gasteiger partial charge in [-0.2, -0.15) is 0 Å². The van der Waals surface area contributed by atoms with Crippen molar-refractivity contribution in [1.29, 1.82) is 0 Å². The first-order valence-electron chi connectivity index (χ1n) is 5.56. The van der Waals surface area contributed by atoms with Crippen molar-refractivity contribution in [2.24, 2.45) is 0 Å². The standard InChI is InChI=1S/C11H13N2O5/c1-2-3-4-11(14)8-5-6-9(12(15)16)10(7-8)13(17)18/h5-7,11H,2-4H2,1H3. The second kappa shape index (κ2) is 6.06. The van der Waals surface area contributed by atoms with Gasteiger partial charge in [-0.3, -0.25) is 20.2 Å². The zero-order valence-electron chi connectivity index (χ0n) is 9.87. The summed E-state index contributed by atoms with van der Waals surface area (Å²) in [7, 11) is 0. The number of rotatable bonds is 6. The molecule has 0 amide bonds. The third-order valence-corrected chi connectivity index (χ3v) is 2.58. The fourth-order valence-corrected chi connectivity index (χ4v) is 1.60. The molecule has 0 bridgehead atoms. The Balaban J connectivity index is 3.07. The molecule has 97 valence electrons. The minimum absolute atomic E-state index is 0.223. The van der Waals surface area contributed by atoms with Crippen molar-refractivity contribution in [1.82, 2.24) is 0 Å². The van der Waals surface area contributed by atoms with Crippen LogP contribution in [0.4, 0.5) is 11.4 Å². The molecular weight excluding hydrogens is 240 g/mol. The highest BCUT2D eigenvalue weighted by molar-refractivity contribution is 5.54. The smallest absolute Gasteiger partial charge is 0.258 e. The number of unbranched alkanes of at least 4 members (excludes halogenated alkanes) is 1. The molecule has 0 spiro atoms. The number of nitro benzene ring substituents is 2. The summed E-state index contributed by atoms with van der Waals surface area (Å²) in [6, 6.07) is 3.31. The molecule has 0 saturated heterocycles. The Kier molecular flexibility index (Phi) is 4.73. The van der Waals surface area contributed by atoms with Gasteiger partial charge in [-0.05, 0) is 18.1 Å². The van der Waals surface area contributed by atoms with E-state index in [9.17, 15) is 25.3 Å². The lowest BCUT2D eigenvalue weighted by atomic mass is 10.0. The Labute approximate surface area is 103 Å². The van der Waals surface area contributed by atoms with E-state index in [1.807, 2.05) is 6.92 Å². The maximum absolute atomic E-state index is 11.8. The highest BCUT2D eigenvalue weighted by Crippen LogP contribution is 2.31. The van der Waals surface area contributed by atoms with Crippen LogP contribution in [0.5, 0.6) is 0 Å². The van der Waals surface area contributed by atoms with Crippen LogP contribution in [0.2, 0.25) is 0 Å². The number of hydrogen-bond acceptors (Lipinski definition) is 4. The van der Waals surface area contributed by atoms with Crippen LogP contribution in [-0.2, 0) is 5.11 Å². The van der Waals surface area contributed by atoms with Crippen molar-refractivity contribution < 1.29 is 15.0 Å². The molecule has 1 aromatic rings. The van der Waals surface area contributed by atoms with Crippen molar-refractivity contribution in [3.63, 3.8) is 0 Å². The number of hydrogen-bond donors (Lipinski definition) is 0. The summed E-state index contributed by atoms with van der Waals surface area (Å²) in [5.41, 5.74) is -0.998. The van der Waals surface area contributed by atoms with Crippen LogP contribution in [0.1, 0.15) is 37.9 Å². The van der Waals surface area contributed by atoms with Crippen molar-refractivity contribution in [2.45, 2.75) is 32.3 Å². The normalized spacial score (nSPS) is 12.1. The Bertz CT molecular complexity index is 461. The van der Waals surface area contributed by atoms with Gasteiger partial charge in [0.25, 0.3) is 0 Å². The number of nitro groups is 2. The van der Waals surface area contributed by atoms with Crippen molar-refractivity contribution >= 4 is 11.4 Å². The Hall–Kier alpha value is -2.02. The highest BCUT2D eigenvalue weighted by atomic mass is 16.6. The van der Waals surface area contributed by atoms with Gasteiger partial charge < -0.3 is 0 Å². The summed E-state index contributed by atoms with van der Waals surface area (Å²) >= 11 is 0. The largest absolute Gasteiger partial charge is 0.346 e. The van der Waals surface area contributed by atoms with E-state index in [1.54, 1.807) is 0 Å². The summed E-state index contributed by atoms with van der Waals surface area (Å²) in [5.74, 6) is 0. The van der Waals surface area contributed by atoms with E-state index in [2.05, 4.69) is 0 Å². The van der Waals surface area contributed by atoms with E-state index in [0.717, 1.165) is 25.0 Å². The minimum atomic E-state index is -1.08. The lowest BCUT2D eigenvalue weighted by molar-refractivity contribution is -0.422. The Morgan fingerprint density at radius 2 is 1.78 bits per heavy atom. The predicted octanol–water partition coefficient (Wildman–Crippen LogP) is 3.16. The van der Waals surface area contributed by atoms with E-state index in [1.165, 1.54) is 6.07 Å². The SMILES string of the molecule is CCCCC([O])c1ccc([N+](=O)[O-])c([N+](=O)[O-])c1. The van der Waals surface area contributed by atoms with Crippen LogP contribution in [0.25, 0.3) is 0 Å². The molecule has 1 radical (unpaired) electrons. The molecule has 7 nitrogen and oxygen atoms in total. The van der Waals surface area contributed by atoms with Crippen LogP contribution in [0.3, 0.4) is 0 Å². The van der Waals surface area contributed by atoms with Gasteiger partial charge in [0.2, 0.25) is 0 Å². The first-order valence-corrected chi connectivity index (χ1v) is 5.56. The second-order valence-electron chi connectivity index (χ2n) is 3.89. The first kappa shape index (κ1) is 14.0. The van der Waals surface area contributed by atoms with Gasteiger partial charge in [-0.1, -0.05) is 19.8 Å². The van der Waals surface area contributed by atoms with Gasteiger partial charge in [0.1, 0.15) is 6.10 Å². The van der Waals surface area contributed by atoms with E-state index in [4.69, 9.17) is 0 Å². The summed E-state index contributed by atoms with van der Waals surface area (Å²) in [4.78, 5) is 19.7. The molecule has 1 aromatic carbocycles. The number of nitrogens with zero attached hydrogens (tertiary/aromatic N) is 2. The van der Waals surface area contributed by atoms with E-state index < -0.39 is 27.3 Å². The topological polar surface area (TPSA) is 106 Å². The van der Waals surface area contributed by atoms with Crippen molar-refractivity contribution in [2.75, 3.05) is 0 Å². The maximum Gasteiger partial charge on any atom is 0.346 e. The summed E-state index contributed by atoms with van der Waals surface area (Å²) in [6.07, 6.45) is 0.863. The molecule has 0 saturated carbocycles. The van der Waals surface area contributed by atoms with Gasteiger partial charge in [0.15, 0.2) is 0 Å². The van der Waals surface area contributed by atoms with Gasteiger partial charge in [0, 0.05) is 12.1 Å². The molecule has 0 aliphatic rings. The van der Waals surface area contributed by atoms with Crippen LogP contribution in [-0.4, -0.2) is 9.85 Å². The third-order valence-electron chi connectivity index (χ3n) is 2.58. The Morgan fingerprint density at radius 3 is 2.28 bits per heavy atom. The zero-order chi connectivity index (χ0) is 13.7. The third kappa shape index (κ3) is 3.24. The van der Waals surface area contributed by atoms with Gasteiger partial charge >= 0.3 is 11.4 Å². The lowest BCUT2D eigenvalue weighted by Gasteiger charge is -2.07. The summed E-state index contributed by atoms with van der Waals surface area (Å²) in [6.45, 7) is 1.94. The highest BCUT2D eigenvalue weighted by Gasteiger charge is 2.25. The summed E-state index contributed by atoms with van der Waals surface area (Å²) < 4.78 is 0. The molecule has 0 aromatic heterocycles. The van der Waals surface area contributed by atoms with Crippen LogP contribution in [0, 0.1) is 20.2 Å². The summed E-state index contributed by atoms with van der Waals surface area (Å²) in [5, 5.41) is 33.1. The molecule has 18 heavy (non-hydrogen) atoms. The second-order valence-corrected chi connectivity index (χ2v) is 3.89. The fourth-order valence-electron chi connectivity index (χ4n) is 1.60. The monoisotopic (exact) mass is 253 g/mol. The minimum Gasteiger partial charge on any atom is -0.258 e. The van der Waals surface area contributed by atoms with E-state index in [-0.39, 0.29) is 5.56 Å². The van der Waals surface area contributed by atoms with Gasteiger partial charge in [-0.25, -0.2) is 5.11 Å². The molecule has 7 heteroatoms. The average Bonchev–Trinajstić information content (AvgIpc) is 2.34. The molecule has 0 N–H and O–H groups in total. The fraction of sp³-hybridized carbons (Fsp3) is 0.455. The molecule has 1 unspecified atom stereocenters. The number of benzene rings is 1. The quantitative estimate of drug-likeness (QED) is 0.573. The molecule has 1 rings (SSSR count). The van der Waals surface area contributed by atoms with Gasteiger partial charge in [-0.15, -0.1) is 0 Å². The average molecular weight is 253 g/mol. The zero-order valence-corrected chi connectivity index (χ0v) is 9.87. The van der Waals surface area contributed by atoms with Crippen LogP contribution < -0.4 is 0 Å². The Morgan fingerprint density at radius 1 is 1.17 bits per heavy atom. The predicted molar refractivity (Wildman–Crippen MR) is 62.7 cm³/mol. The van der Waals surface area contributed by atoms with E-state index >= 15 is 0 Å². The van der Waals surface area contributed by atoms with Crippen molar-refractivity contribution in [3.05, 3.63) is 44.0 Å². The molecule has 0 aliphatic heterocycles.